The predicted molar refractivity (Wildman–Crippen MR) is 311 cm³/mol. The van der Waals surface area contributed by atoms with E-state index in [9.17, 15) is 38.4 Å². The summed E-state index contributed by atoms with van der Waals surface area (Å²) in [7, 11) is 0. The smallest absolute Gasteiger partial charge is 0.253 e. The van der Waals surface area contributed by atoms with Crippen LogP contribution in [0, 0.1) is 42.6 Å². The van der Waals surface area contributed by atoms with Gasteiger partial charge in [-0.3, -0.25) is 38.4 Å². The van der Waals surface area contributed by atoms with Crippen LogP contribution in [0.1, 0.15) is 167 Å². The lowest BCUT2D eigenvalue weighted by Gasteiger charge is -2.19. The van der Waals surface area contributed by atoms with E-state index < -0.39 is 10.5 Å². The Morgan fingerprint density at radius 1 is 0.431 bits per heavy atom. The highest BCUT2D eigenvalue weighted by atomic mass is 127. The van der Waals surface area contributed by atoms with Crippen molar-refractivity contribution in [2.75, 3.05) is 0 Å². The SMILES string of the molecule is O=C(Cl)C1CC1.O=C(Cl)C1CCC1.O=C(Cl)C1CCCC1.O=C(Cl)C1CCCCC1.O=C(Cl)CCC1CCCC1.O=C(Cl)[C@@H]1C[C@H]1c1ccccc1.O=C(Cl)c1ccc(I)cc1.O=C(Cl)c1ccccc1I. The second-order valence-electron chi connectivity index (χ2n) is 18.2. The maximum atomic E-state index is 10.8. The summed E-state index contributed by atoms with van der Waals surface area (Å²) in [6.07, 6.45) is 23.2. The van der Waals surface area contributed by atoms with E-state index in [0.29, 0.717) is 23.5 Å². The molecular formula is C54H62Cl8I2O8. The summed E-state index contributed by atoms with van der Waals surface area (Å²) in [5.74, 6) is 2.07. The highest BCUT2D eigenvalue weighted by Crippen LogP contribution is 2.48. The molecule has 3 aromatic rings. The molecule has 0 heterocycles. The Kier molecular flexibility index (Phi) is 35.7. The number of carbonyl (C=O) groups excluding carboxylic acids is 8. The molecule has 396 valence electrons. The van der Waals surface area contributed by atoms with Gasteiger partial charge < -0.3 is 0 Å². The zero-order valence-corrected chi connectivity index (χ0v) is 50.3. The fourth-order valence-electron chi connectivity index (χ4n) is 7.76. The summed E-state index contributed by atoms with van der Waals surface area (Å²) in [4.78, 5) is 83.4. The number of hydrogen-bond acceptors (Lipinski definition) is 8. The number of halogens is 10. The molecule has 0 spiro atoms. The van der Waals surface area contributed by atoms with E-state index in [1.807, 2.05) is 54.6 Å². The zero-order chi connectivity index (χ0) is 53.6. The second kappa shape index (κ2) is 38.4. The van der Waals surface area contributed by atoms with Crippen LogP contribution < -0.4 is 0 Å². The van der Waals surface area contributed by atoms with E-state index >= 15 is 0 Å². The number of hydrogen-bond donors (Lipinski definition) is 0. The normalized spacial score (nSPS) is 18.8. The van der Waals surface area contributed by atoms with Crippen molar-refractivity contribution in [3.63, 3.8) is 0 Å². The van der Waals surface area contributed by atoms with Gasteiger partial charge in [-0.05, 0) is 256 Å². The fourth-order valence-corrected chi connectivity index (χ4v) is 10.4. The molecule has 9 rings (SSSR count). The Morgan fingerprint density at radius 2 is 0.847 bits per heavy atom. The Bertz CT molecular complexity index is 2160. The summed E-state index contributed by atoms with van der Waals surface area (Å²) < 4.78 is 1.99. The molecule has 6 aliphatic carbocycles. The van der Waals surface area contributed by atoms with Crippen LogP contribution in [0.5, 0.6) is 0 Å². The van der Waals surface area contributed by atoms with Crippen molar-refractivity contribution in [1.29, 1.82) is 0 Å². The maximum absolute atomic E-state index is 10.8. The van der Waals surface area contributed by atoms with E-state index in [2.05, 4.69) is 45.2 Å². The minimum absolute atomic E-state index is 0.0778. The van der Waals surface area contributed by atoms with Crippen LogP contribution in [0.3, 0.4) is 0 Å². The Hall–Kier alpha value is -1.20. The lowest BCUT2D eigenvalue weighted by atomic mass is 9.87. The topological polar surface area (TPSA) is 137 Å². The molecule has 0 amide bonds. The maximum Gasteiger partial charge on any atom is 0.253 e. The minimum atomic E-state index is -0.406. The van der Waals surface area contributed by atoms with Crippen molar-refractivity contribution in [3.8, 4) is 0 Å². The monoisotopic (exact) mass is 1370 g/mol. The Labute approximate surface area is 492 Å². The average Bonchev–Trinajstić information content (AvgIpc) is 4.23. The van der Waals surface area contributed by atoms with E-state index in [0.717, 1.165) is 77.3 Å². The summed E-state index contributed by atoms with van der Waals surface area (Å²) in [6.45, 7) is 0. The first-order valence-electron chi connectivity index (χ1n) is 24.3. The van der Waals surface area contributed by atoms with Crippen LogP contribution in [0.15, 0.2) is 78.9 Å². The summed E-state index contributed by atoms with van der Waals surface area (Å²) in [5.41, 5.74) is 2.35. The molecule has 8 nitrogen and oxygen atoms in total. The van der Waals surface area contributed by atoms with Gasteiger partial charge in [0.1, 0.15) is 0 Å². The highest BCUT2D eigenvalue weighted by molar-refractivity contribution is 14.1. The quantitative estimate of drug-likeness (QED) is 0.137. The molecule has 3 aromatic carbocycles. The van der Waals surface area contributed by atoms with Gasteiger partial charge in [0.2, 0.25) is 31.5 Å². The summed E-state index contributed by atoms with van der Waals surface area (Å²) in [6, 6.07) is 24.3. The van der Waals surface area contributed by atoms with Crippen LogP contribution in [-0.4, -0.2) is 41.9 Å². The highest BCUT2D eigenvalue weighted by Gasteiger charge is 2.42. The lowest BCUT2D eigenvalue weighted by Crippen LogP contribution is -2.16. The van der Waals surface area contributed by atoms with Crippen LogP contribution in [0.25, 0.3) is 0 Å². The van der Waals surface area contributed by atoms with E-state index in [1.54, 1.807) is 24.3 Å². The lowest BCUT2D eigenvalue weighted by molar-refractivity contribution is -0.117. The fraction of sp³-hybridized carbons (Fsp3) is 0.519. The van der Waals surface area contributed by atoms with Crippen LogP contribution in [0.4, 0.5) is 0 Å². The van der Waals surface area contributed by atoms with E-state index in [1.165, 1.54) is 69.8 Å². The first-order chi connectivity index (χ1) is 34.2. The standard InChI is InChI=1S/C10H9ClO.C8H13ClO.2C7H4ClIO.C7H11ClO.C6H9ClO.C5H7ClO.C4H5ClO/c11-10(12)9-6-8(9)7-4-2-1-3-5-7;9-8(10)6-5-7-3-1-2-4-7;8-7(10)5-1-3-6(9)4-2-5;8-7(10)5-3-1-2-4-6(5)9;8-7(9)6-4-2-1-3-5-6;7-6(8)5-3-1-2-4-5;6-5(7)4-2-1-3-4;5-4(6)3-1-2-3/h1-5,8-9H,6H2;7H,1-6H2;2*1-4H;6H,1-5H2;5H,1-4H2;4H,1-3H2;3H,1-2H2/t8-,9+;;;;;;;/m0......./s1. The number of carbonyl (C=O) groups is 8. The first-order valence-corrected chi connectivity index (χ1v) is 29.5. The molecule has 6 fully saturated rings. The third-order valence-corrected chi connectivity index (χ3v) is 16.4. The van der Waals surface area contributed by atoms with Gasteiger partial charge in [-0.2, -0.15) is 0 Å². The Morgan fingerprint density at radius 3 is 1.17 bits per heavy atom. The van der Waals surface area contributed by atoms with Gasteiger partial charge in [0.05, 0.1) is 0 Å². The van der Waals surface area contributed by atoms with Gasteiger partial charge in [-0.1, -0.05) is 107 Å². The number of rotatable bonds is 11. The van der Waals surface area contributed by atoms with Gasteiger partial charge in [0.15, 0.2) is 0 Å². The van der Waals surface area contributed by atoms with Crippen molar-refractivity contribution in [3.05, 3.63) is 103 Å². The van der Waals surface area contributed by atoms with E-state index in [-0.39, 0.29) is 61.0 Å². The van der Waals surface area contributed by atoms with Crippen molar-refractivity contribution in [1.82, 2.24) is 0 Å². The van der Waals surface area contributed by atoms with Gasteiger partial charge in [0, 0.05) is 54.3 Å². The van der Waals surface area contributed by atoms with Gasteiger partial charge in [-0.15, -0.1) is 0 Å². The summed E-state index contributed by atoms with van der Waals surface area (Å²) in [5, 5.41) is -1.74. The Balaban J connectivity index is 0.000000284. The molecule has 0 aliphatic heterocycles. The minimum Gasteiger partial charge on any atom is -0.281 e. The molecule has 0 unspecified atom stereocenters. The van der Waals surface area contributed by atoms with Crippen molar-refractivity contribution < 1.29 is 38.4 Å². The van der Waals surface area contributed by atoms with E-state index in [4.69, 9.17) is 92.8 Å². The molecular weight excluding hydrogens is 1310 g/mol. The molecule has 0 saturated heterocycles. The third kappa shape index (κ3) is 30.5. The average molecular weight is 1380 g/mol. The molecule has 72 heavy (non-hydrogen) atoms. The number of benzene rings is 3. The molecule has 6 aliphatic rings. The molecule has 6 saturated carbocycles. The van der Waals surface area contributed by atoms with Crippen molar-refractivity contribution in [2.24, 2.45) is 35.5 Å². The zero-order valence-electron chi connectivity index (χ0n) is 39.9. The summed E-state index contributed by atoms with van der Waals surface area (Å²) >= 11 is 46.1. The van der Waals surface area contributed by atoms with Crippen LogP contribution >= 0.6 is 138 Å². The molecule has 18 heteroatoms. The van der Waals surface area contributed by atoms with Crippen molar-refractivity contribution >= 4 is 180 Å². The largest absolute Gasteiger partial charge is 0.281 e. The molecule has 0 aromatic heterocycles. The molecule has 0 N–H and O–H groups in total. The van der Waals surface area contributed by atoms with Gasteiger partial charge >= 0.3 is 0 Å². The second-order valence-corrected chi connectivity index (χ2v) is 23.6. The first kappa shape index (κ1) is 66.9. The molecule has 2 atom stereocenters. The van der Waals surface area contributed by atoms with Gasteiger partial charge in [-0.25, -0.2) is 0 Å². The van der Waals surface area contributed by atoms with Crippen LogP contribution in [-0.2, 0) is 28.8 Å². The van der Waals surface area contributed by atoms with Crippen molar-refractivity contribution in [2.45, 2.75) is 141 Å². The van der Waals surface area contributed by atoms with Gasteiger partial charge in [0.25, 0.3) is 10.5 Å². The predicted octanol–water partition coefficient (Wildman–Crippen LogP) is 17.6. The third-order valence-electron chi connectivity index (χ3n) is 12.6. The molecule has 0 radical (unpaired) electrons. The molecule has 0 bridgehead atoms. The van der Waals surface area contributed by atoms with Crippen LogP contribution in [0.2, 0.25) is 0 Å².